The van der Waals surface area contributed by atoms with Gasteiger partial charge in [-0.05, 0) is 19.1 Å². The van der Waals surface area contributed by atoms with Crippen LogP contribution in [0.3, 0.4) is 0 Å². The number of rotatable bonds is 1. The molecule has 10 heavy (non-hydrogen) atoms. The summed E-state index contributed by atoms with van der Waals surface area (Å²) in [6, 6.07) is 0. The van der Waals surface area contributed by atoms with Gasteiger partial charge in [0.05, 0.1) is 0 Å². The number of alkyl halides is 3. The standard InChI is InChI=1S/C5H7F3OS/c1-3(5(6,7)8)9-4(2)10/h3H,1-2H3. The predicted octanol–water partition coefficient (Wildman–Crippen LogP) is 2.30. The molecule has 0 saturated heterocycles. The van der Waals surface area contributed by atoms with E-state index in [4.69, 9.17) is 0 Å². The van der Waals surface area contributed by atoms with Crippen LogP contribution in [0.15, 0.2) is 0 Å². The third-order valence-electron chi connectivity index (χ3n) is 0.804. The van der Waals surface area contributed by atoms with Gasteiger partial charge in [-0.15, -0.1) is 0 Å². The Morgan fingerprint density at radius 3 is 2.00 bits per heavy atom. The van der Waals surface area contributed by atoms with Crippen LogP contribution in [0.2, 0.25) is 0 Å². The zero-order valence-electron chi connectivity index (χ0n) is 5.53. The van der Waals surface area contributed by atoms with Crippen molar-refractivity contribution in [3.05, 3.63) is 0 Å². The van der Waals surface area contributed by atoms with Crippen LogP contribution in [0.1, 0.15) is 13.8 Å². The van der Waals surface area contributed by atoms with Gasteiger partial charge in [0.15, 0.2) is 11.2 Å². The van der Waals surface area contributed by atoms with E-state index in [-0.39, 0.29) is 5.05 Å². The number of thiocarbonyl (C=S) groups is 1. The van der Waals surface area contributed by atoms with Crippen molar-refractivity contribution in [2.75, 3.05) is 0 Å². The number of hydrogen-bond donors (Lipinski definition) is 0. The normalized spacial score (nSPS) is 14.5. The topological polar surface area (TPSA) is 9.23 Å². The summed E-state index contributed by atoms with van der Waals surface area (Å²) in [5, 5.41) is -0.0928. The fourth-order valence-electron chi connectivity index (χ4n) is 0.316. The van der Waals surface area contributed by atoms with Crippen LogP contribution in [0, 0.1) is 0 Å². The minimum Gasteiger partial charge on any atom is -0.475 e. The molecule has 1 unspecified atom stereocenters. The van der Waals surface area contributed by atoms with Gasteiger partial charge in [-0.2, -0.15) is 13.2 Å². The Kier molecular flexibility index (Phi) is 3.08. The van der Waals surface area contributed by atoms with Crippen molar-refractivity contribution in [1.82, 2.24) is 0 Å². The highest BCUT2D eigenvalue weighted by Gasteiger charge is 2.37. The maximum absolute atomic E-state index is 11.6. The van der Waals surface area contributed by atoms with Gasteiger partial charge in [0, 0.05) is 6.92 Å². The molecule has 0 aliphatic heterocycles. The third kappa shape index (κ3) is 3.66. The van der Waals surface area contributed by atoms with Crippen LogP contribution in [0.25, 0.3) is 0 Å². The Morgan fingerprint density at radius 2 is 1.90 bits per heavy atom. The van der Waals surface area contributed by atoms with Crippen molar-refractivity contribution in [2.24, 2.45) is 0 Å². The van der Waals surface area contributed by atoms with E-state index < -0.39 is 12.3 Å². The maximum atomic E-state index is 11.6. The maximum Gasteiger partial charge on any atom is 0.425 e. The van der Waals surface area contributed by atoms with E-state index >= 15 is 0 Å². The molecule has 1 nitrogen and oxygen atoms in total. The lowest BCUT2D eigenvalue weighted by atomic mass is 10.4. The molecule has 0 bridgehead atoms. The Labute approximate surface area is 62.2 Å². The first-order valence-electron chi connectivity index (χ1n) is 2.58. The van der Waals surface area contributed by atoms with Gasteiger partial charge in [-0.1, -0.05) is 0 Å². The van der Waals surface area contributed by atoms with Crippen LogP contribution in [0.4, 0.5) is 13.2 Å². The SMILES string of the molecule is CC(=S)OC(C)C(F)(F)F. The molecule has 0 saturated carbocycles. The molecule has 0 aromatic rings. The lowest BCUT2D eigenvalue weighted by Gasteiger charge is -2.15. The molecule has 0 heterocycles. The van der Waals surface area contributed by atoms with Crippen LogP contribution in [-0.2, 0) is 4.74 Å². The highest BCUT2D eigenvalue weighted by atomic mass is 32.1. The summed E-state index contributed by atoms with van der Waals surface area (Å²) in [6.45, 7) is 2.22. The van der Waals surface area contributed by atoms with Crippen molar-refractivity contribution in [2.45, 2.75) is 26.1 Å². The molecular weight excluding hydrogens is 165 g/mol. The zero-order chi connectivity index (χ0) is 8.36. The lowest BCUT2D eigenvalue weighted by molar-refractivity contribution is -0.192. The van der Waals surface area contributed by atoms with E-state index in [1.165, 1.54) is 6.92 Å². The molecule has 0 amide bonds. The van der Waals surface area contributed by atoms with Gasteiger partial charge in [0.2, 0.25) is 0 Å². The second-order valence-electron chi connectivity index (χ2n) is 1.79. The summed E-state index contributed by atoms with van der Waals surface area (Å²) >= 11 is 4.32. The van der Waals surface area contributed by atoms with Crippen molar-refractivity contribution in [3.8, 4) is 0 Å². The van der Waals surface area contributed by atoms with Gasteiger partial charge in [-0.3, -0.25) is 0 Å². The van der Waals surface area contributed by atoms with Crippen molar-refractivity contribution >= 4 is 17.3 Å². The van der Waals surface area contributed by atoms with E-state index in [1.54, 1.807) is 0 Å². The largest absolute Gasteiger partial charge is 0.475 e. The van der Waals surface area contributed by atoms with Crippen LogP contribution >= 0.6 is 12.2 Å². The fraction of sp³-hybridized carbons (Fsp3) is 0.800. The molecule has 0 rings (SSSR count). The van der Waals surface area contributed by atoms with Gasteiger partial charge in [-0.25, -0.2) is 0 Å². The van der Waals surface area contributed by atoms with E-state index in [0.717, 1.165) is 6.92 Å². The molecule has 0 spiro atoms. The number of halogens is 3. The summed E-state index contributed by atoms with van der Waals surface area (Å²) in [5.74, 6) is 0. The first-order chi connectivity index (χ1) is 4.34. The minimum absolute atomic E-state index is 0.0928. The number of ether oxygens (including phenoxy) is 1. The molecule has 0 radical (unpaired) electrons. The average Bonchev–Trinajstić information content (AvgIpc) is 1.60. The van der Waals surface area contributed by atoms with Gasteiger partial charge >= 0.3 is 6.18 Å². The Balaban J connectivity index is 3.85. The summed E-state index contributed by atoms with van der Waals surface area (Å²) < 4.78 is 39.1. The highest BCUT2D eigenvalue weighted by Crippen LogP contribution is 2.22. The Bertz CT molecular complexity index is 131. The quantitative estimate of drug-likeness (QED) is 0.561. The molecule has 0 aromatic heterocycles. The molecule has 1 atom stereocenters. The zero-order valence-corrected chi connectivity index (χ0v) is 6.34. The molecule has 0 aliphatic rings. The monoisotopic (exact) mass is 172 g/mol. The molecule has 5 heteroatoms. The van der Waals surface area contributed by atoms with E-state index in [0.29, 0.717) is 0 Å². The summed E-state index contributed by atoms with van der Waals surface area (Å²) in [4.78, 5) is 0. The minimum atomic E-state index is -4.32. The smallest absolute Gasteiger partial charge is 0.425 e. The Morgan fingerprint density at radius 1 is 1.50 bits per heavy atom. The Hall–Kier alpha value is -0.320. The molecule has 0 N–H and O–H groups in total. The van der Waals surface area contributed by atoms with E-state index in [9.17, 15) is 13.2 Å². The second kappa shape index (κ2) is 3.18. The highest BCUT2D eigenvalue weighted by molar-refractivity contribution is 7.80. The van der Waals surface area contributed by atoms with Crippen molar-refractivity contribution < 1.29 is 17.9 Å². The third-order valence-corrected chi connectivity index (χ3v) is 0.900. The van der Waals surface area contributed by atoms with Gasteiger partial charge in [0.25, 0.3) is 0 Å². The molecule has 0 fully saturated rings. The molecule has 0 aromatic carbocycles. The molecule has 60 valence electrons. The van der Waals surface area contributed by atoms with Crippen molar-refractivity contribution in [3.63, 3.8) is 0 Å². The second-order valence-corrected chi connectivity index (χ2v) is 2.37. The first kappa shape index (κ1) is 9.68. The van der Waals surface area contributed by atoms with Crippen LogP contribution in [-0.4, -0.2) is 17.3 Å². The fourth-order valence-corrected chi connectivity index (χ4v) is 0.460. The molecular formula is C5H7F3OS. The van der Waals surface area contributed by atoms with Gasteiger partial charge < -0.3 is 4.74 Å². The molecule has 0 aliphatic carbocycles. The predicted molar refractivity (Wildman–Crippen MR) is 34.9 cm³/mol. The van der Waals surface area contributed by atoms with E-state index in [1.807, 2.05) is 0 Å². The first-order valence-corrected chi connectivity index (χ1v) is 2.99. The summed E-state index contributed by atoms with van der Waals surface area (Å²) in [5.41, 5.74) is 0. The van der Waals surface area contributed by atoms with E-state index in [2.05, 4.69) is 17.0 Å². The summed E-state index contributed by atoms with van der Waals surface area (Å²) in [6.07, 6.45) is -6.12. The van der Waals surface area contributed by atoms with Gasteiger partial charge in [0.1, 0.15) is 0 Å². The summed E-state index contributed by atoms with van der Waals surface area (Å²) in [7, 11) is 0. The van der Waals surface area contributed by atoms with Crippen LogP contribution in [0.5, 0.6) is 0 Å². The lowest BCUT2D eigenvalue weighted by Crippen LogP contribution is -2.29. The van der Waals surface area contributed by atoms with Crippen LogP contribution < -0.4 is 0 Å². The average molecular weight is 172 g/mol. The van der Waals surface area contributed by atoms with Crippen molar-refractivity contribution in [1.29, 1.82) is 0 Å². The number of hydrogen-bond acceptors (Lipinski definition) is 2.